The van der Waals surface area contributed by atoms with Crippen LogP contribution in [0, 0.1) is 5.41 Å². The maximum atomic E-state index is 5.74. The highest BCUT2D eigenvalue weighted by Gasteiger charge is 2.30. The van der Waals surface area contributed by atoms with Crippen molar-refractivity contribution in [3.05, 3.63) is 5.82 Å². The molecule has 2 rings (SSSR count). The minimum absolute atomic E-state index is 0.336. The second-order valence-electron chi connectivity index (χ2n) is 5.50. The fourth-order valence-corrected chi connectivity index (χ4v) is 2.19. The molecule has 0 spiro atoms. The molecule has 94 valence electrons. The van der Waals surface area contributed by atoms with Gasteiger partial charge >= 0.3 is 0 Å². The van der Waals surface area contributed by atoms with Crippen molar-refractivity contribution in [2.24, 2.45) is 5.41 Å². The maximum Gasteiger partial charge on any atom is 0.230 e. The van der Waals surface area contributed by atoms with Crippen molar-refractivity contribution in [3.8, 4) is 0 Å². The normalized spacial score (nSPS) is 18.6. The lowest BCUT2D eigenvalue weighted by Crippen LogP contribution is -2.25. The summed E-state index contributed by atoms with van der Waals surface area (Å²) in [6.07, 6.45) is 3.05. The summed E-state index contributed by atoms with van der Waals surface area (Å²) in [7, 11) is 0. The second kappa shape index (κ2) is 4.47. The van der Waals surface area contributed by atoms with Gasteiger partial charge in [-0.25, -0.2) is 0 Å². The van der Waals surface area contributed by atoms with E-state index in [-0.39, 0.29) is 0 Å². The number of nitrogens with zero attached hydrogens (tertiary/aromatic N) is 4. The average molecular weight is 235 g/mol. The van der Waals surface area contributed by atoms with Crippen molar-refractivity contribution in [1.29, 1.82) is 0 Å². The van der Waals surface area contributed by atoms with Crippen LogP contribution in [0.2, 0.25) is 0 Å². The van der Waals surface area contributed by atoms with Crippen LogP contribution >= 0.6 is 0 Å². The first-order valence-electron chi connectivity index (χ1n) is 6.25. The van der Waals surface area contributed by atoms with Gasteiger partial charge in [-0.2, -0.15) is 15.0 Å². The minimum atomic E-state index is 0.336. The Morgan fingerprint density at radius 1 is 1.29 bits per heavy atom. The summed E-state index contributed by atoms with van der Waals surface area (Å²) in [6.45, 7) is 8.64. The maximum absolute atomic E-state index is 5.74. The molecule has 2 heterocycles. The van der Waals surface area contributed by atoms with Gasteiger partial charge in [-0.15, -0.1) is 0 Å². The Morgan fingerprint density at radius 3 is 2.65 bits per heavy atom. The van der Waals surface area contributed by atoms with Crippen LogP contribution in [-0.2, 0) is 6.42 Å². The van der Waals surface area contributed by atoms with E-state index in [1.807, 2.05) is 0 Å². The zero-order chi connectivity index (χ0) is 12.5. The van der Waals surface area contributed by atoms with Gasteiger partial charge in [-0.1, -0.05) is 20.8 Å². The molecule has 1 aromatic rings. The highest BCUT2D eigenvalue weighted by Crippen LogP contribution is 2.30. The molecular weight excluding hydrogens is 214 g/mol. The highest BCUT2D eigenvalue weighted by atomic mass is 15.3. The molecule has 0 unspecified atom stereocenters. The molecule has 5 heteroatoms. The van der Waals surface area contributed by atoms with Crippen LogP contribution in [0.25, 0.3) is 0 Å². The summed E-state index contributed by atoms with van der Waals surface area (Å²) < 4.78 is 0. The summed E-state index contributed by atoms with van der Waals surface area (Å²) >= 11 is 0. The molecule has 0 saturated carbocycles. The topological polar surface area (TPSA) is 67.9 Å². The average Bonchev–Trinajstić information content (AvgIpc) is 2.58. The van der Waals surface area contributed by atoms with E-state index in [0.717, 1.165) is 37.7 Å². The van der Waals surface area contributed by atoms with Crippen LogP contribution in [0.15, 0.2) is 0 Å². The van der Waals surface area contributed by atoms with Gasteiger partial charge < -0.3 is 10.6 Å². The van der Waals surface area contributed by atoms with Gasteiger partial charge in [-0.05, 0) is 18.3 Å². The van der Waals surface area contributed by atoms with Crippen molar-refractivity contribution in [3.63, 3.8) is 0 Å². The molecule has 1 fully saturated rings. The number of nitrogens with two attached hydrogens (primary N) is 1. The van der Waals surface area contributed by atoms with Crippen LogP contribution in [0.5, 0.6) is 0 Å². The van der Waals surface area contributed by atoms with Crippen LogP contribution in [-0.4, -0.2) is 28.0 Å². The predicted octanol–water partition coefficient (Wildman–Crippen LogP) is 1.64. The summed E-state index contributed by atoms with van der Waals surface area (Å²) in [6, 6.07) is 0. The number of nitrogen functional groups attached to an aromatic ring is 1. The third-order valence-electron chi connectivity index (χ3n) is 3.12. The lowest BCUT2D eigenvalue weighted by molar-refractivity contribution is 0.418. The molecule has 0 bridgehead atoms. The van der Waals surface area contributed by atoms with Crippen molar-refractivity contribution in [2.75, 3.05) is 23.7 Å². The molecule has 1 aromatic heterocycles. The van der Waals surface area contributed by atoms with E-state index >= 15 is 0 Å². The third kappa shape index (κ3) is 2.84. The Kier molecular flexibility index (Phi) is 3.17. The molecule has 0 atom stereocenters. The van der Waals surface area contributed by atoms with Crippen molar-refractivity contribution < 1.29 is 0 Å². The fourth-order valence-electron chi connectivity index (χ4n) is 2.19. The van der Waals surface area contributed by atoms with E-state index in [2.05, 4.69) is 40.6 Å². The summed E-state index contributed by atoms with van der Waals surface area (Å²) in [5.74, 6) is 1.88. The van der Waals surface area contributed by atoms with Gasteiger partial charge in [0.2, 0.25) is 11.9 Å². The number of rotatable bonds is 3. The number of aryl methyl sites for hydroxylation is 1. The summed E-state index contributed by atoms with van der Waals surface area (Å²) in [5, 5.41) is 0. The minimum Gasteiger partial charge on any atom is -0.368 e. The molecule has 1 aliphatic heterocycles. The summed E-state index contributed by atoms with van der Waals surface area (Å²) in [4.78, 5) is 15.1. The smallest absolute Gasteiger partial charge is 0.230 e. The van der Waals surface area contributed by atoms with E-state index in [1.165, 1.54) is 6.42 Å². The highest BCUT2D eigenvalue weighted by molar-refractivity contribution is 5.36. The van der Waals surface area contributed by atoms with Gasteiger partial charge in [0.1, 0.15) is 5.82 Å². The van der Waals surface area contributed by atoms with Crippen LogP contribution in [0.4, 0.5) is 11.9 Å². The molecule has 0 amide bonds. The van der Waals surface area contributed by atoms with Gasteiger partial charge in [-0.3, -0.25) is 0 Å². The quantitative estimate of drug-likeness (QED) is 0.862. The molecule has 0 aliphatic carbocycles. The van der Waals surface area contributed by atoms with Gasteiger partial charge in [0.25, 0.3) is 0 Å². The zero-order valence-electron chi connectivity index (χ0n) is 10.9. The number of anilines is 2. The van der Waals surface area contributed by atoms with Gasteiger partial charge in [0, 0.05) is 19.5 Å². The first-order chi connectivity index (χ1) is 8.00. The van der Waals surface area contributed by atoms with Crippen LogP contribution in [0.1, 0.15) is 39.4 Å². The van der Waals surface area contributed by atoms with Crippen LogP contribution < -0.4 is 10.6 Å². The SMILES string of the molecule is CCCc1nc(N)nc(N2CCC(C)(C)C2)n1. The Labute approximate surface area is 102 Å². The zero-order valence-corrected chi connectivity index (χ0v) is 10.9. The summed E-state index contributed by atoms with van der Waals surface area (Å²) in [5.41, 5.74) is 6.08. The molecule has 1 aliphatic rings. The predicted molar refractivity (Wildman–Crippen MR) is 68.8 cm³/mol. The van der Waals surface area contributed by atoms with Crippen molar-refractivity contribution in [2.45, 2.75) is 40.0 Å². The largest absolute Gasteiger partial charge is 0.368 e. The Hall–Kier alpha value is -1.39. The lowest BCUT2D eigenvalue weighted by atomic mass is 9.93. The lowest BCUT2D eigenvalue weighted by Gasteiger charge is -2.20. The number of hydrogen-bond donors (Lipinski definition) is 1. The fraction of sp³-hybridized carbons (Fsp3) is 0.750. The second-order valence-corrected chi connectivity index (χ2v) is 5.50. The van der Waals surface area contributed by atoms with E-state index in [1.54, 1.807) is 0 Å². The third-order valence-corrected chi connectivity index (χ3v) is 3.12. The van der Waals surface area contributed by atoms with Gasteiger partial charge in [0.15, 0.2) is 0 Å². The number of hydrogen-bond acceptors (Lipinski definition) is 5. The first-order valence-corrected chi connectivity index (χ1v) is 6.25. The standard InChI is InChI=1S/C12H21N5/c1-4-5-9-14-10(13)16-11(15-9)17-7-6-12(2,3)8-17/h4-8H2,1-3H3,(H2,13,14,15,16). The van der Waals surface area contributed by atoms with E-state index in [9.17, 15) is 0 Å². The van der Waals surface area contributed by atoms with Crippen molar-refractivity contribution in [1.82, 2.24) is 15.0 Å². The van der Waals surface area contributed by atoms with Crippen LogP contribution in [0.3, 0.4) is 0 Å². The molecule has 17 heavy (non-hydrogen) atoms. The Morgan fingerprint density at radius 2 is 2.06 bits per heavy atom. The van der Waals surface area contributed by atoms with Gasteiger partial charge in [0.05, 0.1) is 0 Å². The van der Waals surface area contributed by atoms with E-state index in [4.69, 9.17) is 5.73 Å². The molecule has 0 aromatic carbocycles. The van der Waals surface area contributed by atoms with E-state index in [0.29, 0.717) is 11.4 Å². The molecule has 1 saturated heterocycles. The number of aromatic nitrogens is 3. The van der Waals surface area contributed by atoms with Crippen molar-refractivity contribution >= 4 is 11.9 Å². The molecule has 5 nitrogen and oxygen atoms in total. The monoisotopic (exact) mass is 235 g/mol. The van der Waals surface area contributed by atoms with E-state index < -0.39 is 0 Å². The molecular formula is C12H21N5. The Bertz CT molecular complexity index is 402. The first kappa shape index (κ1) is 12.1. The molecule has 2 N–H and O–H groups in total. The molecule has 0 radical (unpaired) electrons. The Balaban J connectivity index is 2.21.